The molecule has 0 fully saturated rings. The topological polar surface area (TPSA) is 36.7 Å². The molecule has 0 bridgehead atoms. The third kappa shape index (κ3) is 2.43. The molecular weight excluding hydrogens is 284 g/mol. The van der Waals surface area contributed by atoms with Crippen LogP contribution in [0.1, 0.15) is 5.56 Å². The summed E-state index contributed by atoms with van der Waals surface area (Å²) in [7, 11) is 0. The van der Waals surface area contributed by atoms with Crippen molar-refractivity contribution in [3.8, 4) is 6.07 Å². The highest BCUT2D eigenvalue weighted by molar-refractivity contribution is 9.10. The fourth-order valence-electron chi connectivity index (χ4n) is 1.20. The van der Waals surface area contributed by atoms with Gasteiger partial charge in [0.25, 0.3) is 0 Å². The highest BCUT2D eigenvalue weighted by atomic mass is 79.9. The van der Waals surface area contributed by atoms with Gasteiger partial charge in [-0.05, 0) is 40.2 Å². The molecule has 0 aliphatic heterocycles. The molecule has 16 heavy (non-hydrogen) atoms. The number of pyridine rings is 1. The summed E-state index contributed by atoms with van der Waals surface area (Å²) in [6.45, 7) is 0. The van der Waals surface area contributed by atoms with Crippen LogP contribution in [0.15, 0.2) is 57.0 Å². The molecule has 0 N–H and O–H groups in total. The van der Waals surface area contributed by atoms with Crippen LogP contribution in [0.4, 0.5) is 0 Å². The van der Waals surface area contributed by atoms with Crippen molar-refractivity contribution in [3.63, 3.8) is 0 Å². The Morgan fingerprint density at radius 1 is 1.19 bits per heavy atom. The Morgan fingerprint density at radius 3 is 2.75 bits per heavy atom. The smallest absolute Gasteiger partial charge is 0.115 e. The Kier molecular flexibility index (Phi) is 3.60. The molecule has 78 valence electrons. The van der Waals surface area contributed by atoms with Crippen molar-refractivity contribution >= 4 is 27.7 Å². The summed E-state index contributed by atoms with van der Waals surface area (Å²) in [5.41, 5.74) is 0.671. The molecule has 0 spiro atoms. The van der Waals surface area contributed by atoms with E-state index in [0.29, 0.717) is 5.56 Å². The fourth-order valence-corrected chi connectivity index (χ4v) is 2.55. The first-order chi connectivity index (χ1) is 7.81. The number of hydrogen-bond donors (Lipinski definition) is 0. The van der Waals surface area contributed by atoms with Gasteiger partial charge >= 0.3 is 0 Å². The quantitative estimate of drug-likeness (QED) is 0.842. The first kappa shape index (κ1) is 11.2. The van der Waals surface area contributed by atoms with Crippen LogP contribution in [0.5, 0.6) is 0 Å². The molecule has 2 aromatic rings. The van der Waals surface area contributed by atoms with E-state index < -0.39 is 0 Å². The summed E-state index contributed by atoms with van der Waals surface area (Å²) in [4.78, 5) is 5.18. The maximum Gasteiger partial charge on any atom is 0.115 e. The maximum atomic E-state index is 8.97. The van der Waals surface area contributed by atoms with Crippen molar-refractivity contribution in [2.45, 2.75) is 9.92 Å². The van der Waals surface area contributed by atoms with Crippen LogP contribution >= 0.6 is 27.7 Å². The highest BCUT2D eigenvalue weighted by Gasteiger charge is 2.06. The first-order valence-corrected chi connectivity index (χ1v) is 6.19. The van der Waals surface area contributed by atoms with Gasteiger partial charge in [-0.2, -0.15) is 5.26 Å². The zero-order chi connectivity index (χ0) is 11.4. The van der Waals surface area contributed by atoms with E-state index in [2.05, 4.69) is 27.0 Å². The van der Waals surface area contributed by atoms with Crippen molar-refractivity contribution in [1.82, 2.24) is 4.98 Å². The van der Waals surface area contributed by atoms with Gasteiger partial charge in [-0.3, -0.25) is 0 Å². The summed E-state index contributed by atoms with van der Waals surface area (Å²) in [6.07, 6.45) is 1.74. The summed E-state index contributed by atoms with van der Waals surface area (Å²) in [5.74, 6) is 0. The van der Waals surface area contributed by atoms with Gasteiger partial charge in [0.1, 0.15) is 11.1 Å². The molecule has 2 nitrogen and oxygen atoms in total. The summed E-state index contributed by atoms with van der Waals surface area (Å²) in [5, 5.41) is 9.84. The molecule has 0 saturated heterocycles. The van der Waals surface area contributed by atoms with Gasteiger partial charge in [0.15, 0.2) is 0 Å². The molecule has 0 aliphatic carbocycles. The van der Waals surface area contributed by atoms with Crippen LogP contribution in [0, 0.1) is 11.3 Å². The summed E-state index contributed by atoms with van der Waals surface area (Å²) >= 11 is 4.92. The first-order valence-electron chi connectivity index (χ1n) is 4.59. The lowest BCUT2D eigenvalue weighted by atomic mass is 10.2. The van der Waals surface area contributed by atoms with Crippen LogP contribution in [0.25, 0.3) is 0 Å². The van der Waals surface area contributed by atoms with Crippen LogP contribution in [-0.2, 0) is 0 Å². The van der Waals surface area contributed by atoms with Crippen LogP contribution < -0.4 is 0 Å². The zero-order valence-electron chi connectivity index (χ0n) is 8.22. The SMILES string of the molecule is N#Cc1ccccc1Sc1ncccc1Br. The number of halogens is 1. The second-order valence-corrected chi connectivity index (χ2v) is 4.89. The normalized spacial score (nSPS) is 9.75. The maximum absolute atomic E-state index is 8.97. The molecule has 4 heteroatoms. The minimum Gasteiger partial charge on any atom is -0.248 e. The van der Waals surface area contributed by atoms with E-state index in [9.17, 15) is 0 Å². The molecule has 0 saturated carbocycles. The highest BCUT2D eigenvalue weighted by Crippen LogP contribution is 2.32. The lowest BCUT2D eigenvalue weighted by Gasteiger charge is -2.03. The second-order valence-electron chi connectivity index (χ2n) is 3.00. The molecule has 2 rings (SSSR count). The van der Waals surface area contributed by atoms with E-state index in [0.717, 1.165) is 14.4 Å². The van der Waals surface area contributed by atoms with E-state index >= 15 is 0 Å². The van der Waals surface area contributed by atoms with Gasteiger partial charge in [-0.15, -0.1) is 0 Å². The van der Waals surface area contributed by atoms with E-state index in [-0.39, 0.29) is 0 Å². The van der Waals surface area contributed by atoms with Crippen molar-refractivity contribution in [2.24, 2.45) is 0 Å². The van der Waals surface area contributed by atoms with Crippen molar-refractivity contribution in [1.29, 1.82) is 5.26 Å². The molecule has 0 atom stereocenters. The summed E-state index contributed by atoms with van der Waals surface area (Å²) < 4.78 is 0.938. The third-order valence-electron chi connectivity index (χ3n) is 1.94. The minimum absolute atomic E-state index is 0.671. The molecular formula is C12H7BrN2S. The summed E-state index contributed by atoms with van der Waals surface area (Å²) in [6, 6.07) is 13.5. The molecule has 0 unspecified atom stereocenters. The van der Waals surface area contributed by atoms with Gasteiger partial charge in [0.2, 0.25) is 0 Å². The van der Waals surface area contributed by atoms with Crippen molar-refractivity contribution < 1.29 is 0 Å². The standard InChI is InChI=1S/C12H7BrN2S/c13-10-5-3-7-15-12(10)16-11-6-2-1-4-9(11)8-14/h1-7H. The monoisotopic (exact) mass is 290 g/mol. The number of aromatic nitrogens is 1. The molecule has 0 amide bonds. The van der Waals surface area contributed by atoms with Gasteiger partial charge in [0, 0.05) is 11.1 Å². The number of rotatable bonds is 2. The van der Waals surface area contributed by atoms with E-state index in [1.807, 2.05) is 30.3 Å². The van der Waals surface area contributed by atoms with Crippen LogP contribution in [-0.4, -0.2) is 4.98 Å². The Morgan fingerprint density at radius 2 is 2.00 bits per heavy atom. The number of nitrogens with zero attached hydrogens (tertiary/aromatic N) is 2. The van der Waals surface area contributed by atoms with Gasteiger partial charge in [0.05, 0.1) is 10.0 Å². The van der Waals surface area contributed by atoms with Crippen molar-refractivity contribution in [3.05, 3.63) is 52.6 Å². The fraction of sp³-hybridized carbons (Fsp3) is 0. The van der Waals surface area contributed by atoms with E-state index in [1.165, 1.54) is 11.8 Å². The Bertz CT molecular complexity index is 549. The van der Waals surface area contributed by atoms with Gasteiger partial charge in [-0.25, -0.2) is 4.98 Å². The molecule has 0 aliphatic rings. The molecule has 1 heterocycles. The molecule has 0 radical (unpaired) electrons. The van der Waals surface area contributed by atoms with Gasteiger partial charge < -0.3 is 0 Å². The van der Waals surface area contributed by atoms with E-state index in [1.54, 1.807) is 12.3 Å². The van der Waals surface area contributed by atoms with Gasteiger partial charge in [-0.1, -0.05) is 23.9 Å². The lowest BCUT2D eigenvalue weighted by molar-refractivity contribution is 1.11. The molecule has 1 aromatic heterocycles. The van der Waals surface area contributed by atoms with E-state index in [4.69, 9.17) is 5.26 Å². The van der Waals surface area contributed by atoms with Crippen LogP contribution in [0.2, 0.25) is 0 Å². The minimum atomic E-state index is 0.671. The zero-order valence-corrected chi connectivity index (χ0v) is 10.6. The lowest BCUT2D eigenvalue weighted by Crippen LogP contribution is -1.83. The number of benzene rings is 1. The largest absolute Gasteiger partial charge is 0.248 e. The predicted octanol–water partition coefficient (Wildman–Crippen LogP) is 3.87. The second kappa shape index (κ2) is 5.15. The third-order valence-corrected chi connectivity index (χ3v) is 3.94. The number of hydrogen-bond acceptors (Lipinski definition) is 3. The Labute approximate surface area is 106 Å². The number of nitriles is 1. The molecule has 1 aromatic carbocycles. The average molecular weight is 291 g/mol. The average Bonchev–Trinajstić information content (AvgIpc) is 2.33. The Balaban J connectivity index is 2.35. The Hall–Kier alpha value is -1.31. The van der Waals surface area contributed by atoms with Crippen molar-refractivity contribution in [2.75, 3.05) is 0 Å². The van der Waals surface area contributed by atoms with Crippen LogP contribution in [0.3, 0.4) is 0 Å². The predicted molar refractivity (Wildman–Crippen MR) is 67.2 cm³/mol.